The fourth-order valence-corrected chi connectivity index (χ4v) is 2.42. The Morgan fingerprint density at radius 3 is 2.88 bits per heavy atom. The Bertz CT molecular complexity index is 321. The number of hydrogen-bond donors (Lipinski definition) is 0. The summed E-state index contributed by atoms with van der Waals surface area (Å²) in [5.74, 6) is -0.0436. The third kappa shape index (κ3) is 3.32. The van der Waals surface area contributed by atoms with Crippen LogP contribution in [0.3, 0.4) is 0 Å². The third-order valence-corrected chi connectivity index (χ3v) is 3.85. The smallest absolute Gasteiger partial charge is 0.306 e. The van der Waals surface area contributed by atoms with Crippen LogP contribution in [0, 0.1) is 0 Å². The third-order valence-electron chi connectivity index (χ3n) is 3.85. The highest BCUT2D eigenvalue weighted by atomic mass is 16.5. The summed E-state index contributed by atoms with van der Waals surface area (Å²) in [6.45, 7) is 5.08. The molecule has 0 aromatic rings. The van der Waals surface area contributed by atoms with Gasteiger partial charge in [0, 0.05) is 6.42 Å². The first-order valence-corrected chi connectivity index (χ1v) is 6.63. The quantitative estimate of drug-likeness (QED) is 0.558. The monoisotopic (exact) mass is 238 g/mol. The zero-order chi connectivity index (χ0) is 12.3. The number of rotatable bonds is 4. The second-order valence-corrected chi connectivity index (χ2v) is 5.35. The molecule has 96 valence electrons. The molecule has 0 aromatic carbocycles. The van der Waals surface area contributed by atoms with Crippen molar-refractivity contribution in [3.05, 3.63) is 11.6 Å². The Kier molecular flexibility index (Phi) is 3.87. The minimum Gasteiger partial charge on any atom is -0.462 e. The number of hydrogen-bond acceptors (Lipinski definition) is 3. The molecule has 2 unspecified atom stereocenters. The second-order valence-electron chi connectivity index (χ2n) is 5.35. The van der Waals surface area contributed by atoms with Gasteiger partial charge >= 0.3 is 5.97 Å². The lowest BCUT2D eigenvalue weighted by Gasteiger charge is -2.33. The second kappa shape index (κ2) is 5.21. The molecule has 0 saturated carbocycles. The van der Waals surface area contributed by atoms with Gasteiger partial charge in [-0.05, 0) is 44.6 Å². The highest BCUT2D eigenvalue weighted by Gasteiger charge is 2.31. The van der Waals surface area contributed by atoms with E-state index >= 15 is 0 Å². The Hall–Kier alpha value is -0.830. The number of esters is 1. The van der Waals surface area contributed by atoms with Gasteiger partial charge in [-0.1, -0.05) is 13.0 Å². The first kappa shape index (κ1) is 12.6. The van der Waals surface area contributed by atoms with Crippen molar-refractivity contribution in [3.8, 4) is 0 Å². The summed E-state index contributed by atoms with van der Waals surface area (Å²) in [4.78, 5) is 11.0. The van der Waals surface area contributed by atoms with E-state index in [2.05, 4.69) is 19.9 Å². The average molecular weight is 238 g/mol. The molecule has 2 heterocycles. The van der Waals surface area contributed by atoms with E-state index in [-0.39, 0.29) is 17.7 Å². The van der Waals surface area contributed by atoms with Crippen LogP contribution in [0.5, 0.6) is 0 Å². The van der Waals surface area contributed by atoms with Crippen LogP contribution >= 0.6 is 0 Å². The van der Waals surface area contributed by atoms with Crippen molar-refractivity contribution in [2.24, 2.45) is 0 Å². The zero-order valence-electron chi connectivity index (χ0n) is 10.8. The Labute approximate surface area is 103 Å². The van der Waals surface area contributed by atoms with Crippen molar-refractivity contribution in [2.75, 3.05) is 6.61 Å². The van der Waals surface area contributed by atoms with Crippen LogP contribution in [0.25, 0.3) is 0 Å². The predicted molar refractivity (Wildman–Crippen MR) is 65.7 cm³/mol. The van der Waals surface area contributed by atoms with Crippen molar-refractivity contribution < 1.29 is 14.3 Å². The molecule has 0 aromatic heterocycles. The summed E-state index contributed by atoms with van der Waals surface area (Å²) in [5, 5.41) is 0. The molecule has 2 aliphatic rings. The molecule has 0 bridgehead atoms. The predicted octanol–water partition coefficient (Wildman–Crippen LogP) is 2.99. The van der Waals surface area contributed by atoms with E-state index in [1.807, 2.05) is 0 Å². The van der Waals surface area contributed by atoms with Crippen molar-refractivity contribution in [1.82, 2.24) is 0 Å². The zero-order valence-corrected chi connectivity index (χ0v) is 10.8. The normalized spacial score (nSPS) is 33.4. The number of ether oxygens (including phenoxy) is 2. The van der Waals surface area contributed by atoms with Crippen molar-refractivity contribution >= 4 is 5.97 Å². The van der Waals surface area contributed by atoms with E-state index in [1.165, 1.54) is 5.57 Å². The van der Waals surface area contributed by atoms with Gasteiger partial charge in [-0.15, -0.1) is 0 Å². The topological polar surface area (TPSA) is 35.5 Å². The summed E-state index contributed by atoms with van der Waals surface area (Å²) >= 11 is 0. The summed E-state index contributed by atoms with van der Waals surface area (Å²) in [7, 11) is 0. The average Bonchev–Trinajstić information content (AvgIpc) is 2.74. The molecule has 17 heavy (non-hydrogen) atoms. The van der Waals surface area contributed by atoms with Crippen molar-refractivity contribution in [1.29, 1.82) is 0 Å². The van der Waals surface area contributed by atoms with E-state index in [4.69, 9.17) is 9.47 Å². The van der Waals surface area contributed by atoms with Gasteiger partial charge in [-0.25, -0.2) is 0 Å². The lowest BCUT2D eigenvalue weighted by Crippen LogP contribution is -2.33. The summed E-state index contributed by atoms with van der Waals surface area (Å²) in [6, 6.07) is 0. The molecule has 1 saturated heterocycles. The highest BCUT2D eigenvalue weighted by Crippen LogP contribution is 2.31. The van der Waals surface area contributed by atoms with Crippen LogP contribution < -0.4 is 0 Å². The molecule has 1 fully saturated rings. The molecule has 0 spiro atoms. The van der Waals surface area contributed by atoms with Gasteiger partial charge in [-0.3, -0.25) is 4.79 Å². The first-order valence-electron chi connectivity index (χ1n) is 6.63. The van der Waals surface area contributed by atoms with Crippen LogP contribution in [0.2, 0.25) is 0 Å². The van der Waals surface area contributed by atoms with E-state index in [0.29, 0.717) is 6.42 Å². The molecule has 3 heteroatoms. The minimum absolute atomic E-state index is 0.0436. The molecular weight excluding hydrogens is 216 g/mol. The van der Waals surface area contributed by atoms with Crippen LogP contribution in [0.15, 0.2) is 11.6 Å². The molecule has 2 rings (SSSR count). The molecule has 2 aliphatic heterocycles. The Balaban J connectivity index is 1.79. The maximum atomic E-state index is 11.0. The van der Waals surface area contributed by atoms with Crippen LogP contribution in [0.4, 0.5) is 0 Å². The van der Waals surface area contributed by atoms with Crippen LogP contribution in [0.1, 0.15) is 52.4 Å². The lowest BCUT2D eigenvalue weighted by atomic mass is 9.90. The molecule has 0 aliphatic carbocycles. The molecule has 0 radical (unpaired) electrons. The Morgan fingerprint density at radius 1 is 1.53 bits per heavy atom. The maximum absolute atomic E-state index is 11.0. The Morgan fingerprint density at radius 2 is 2.35 bits per heavy atom. The highest BCUT2D eigenvalue weighted by molar-refractivity contribution is 5.71. The first-order chi connectivity index (χ1) is 8.11. The van der Waals surface area contributed by atoms with Gasteiger partial charge < -0.3 is 9.47 Å². The van der Waals surface area contributed by atoms with Gasteiger partial charge in [0.1, 0.15) is 6.10 Å². The van der Waals surface area contributed by atoms with Gasteiger partial charge in [0.25, 0.3) is 0 Å². The fourth-order valence-electron chi connectivity index (χ4n) is 2.42. The van der Waals surface area contributed by atoms with Crippen LogP contribution in [-0.2, 0) is 14.3 Å². The molecular formula is C14H22O3. The number of carbonyl (C=O) groups is 1. The van der Waals surface area contributed by atoms with Gasteiger partial charge in [0.2, 0.25) is 0 Å². The standard InChI is InChI=1S/C14H22O3/c1-3-11-6-8-14(2,16-10-11)9-7-12-4-5-13(15)17-12/h6,12H,3-5,7-10H2,1-2H3. The van der Waals surface area contributed by atoms with Gasteiger partial charge in [0.15, 0.2) is 0 Å². The molecule has 2 atom stereocenters. The van der Waals surface area contributed by atoms with Crippen LogP contribution in [-0.4, -0.2) is 24.3 Å². The van der Waals surface area contributed by atoms with E-state index in [9.17, 15) is 4.79 Å². The van der Waals surface area contributed by atoms with Crippen molar-refractivity contribution in [2.45, 2.75) is 64.1 Å². The van der Waals surface area contributed by atoms with E-state index in [1.54, 1.807) is 0 Å². The number of carbonyl (C=O) groups excluding carboxylic acids is 1. The fraction of sp³-hybridized carbons (Fsp3) is 0.786. The molecule has 3 nitrogen and oxygen atoms in total. The maximum Gasteiger partial charge on any atom is 0.306 e. The van der Waals surface area contributed by atoms with Crippen molar-refractivity contribution in [3.63, 3.8) is 0 Å². The van der Waals surface area contributed by atoms with E-state index < -0.39 is 0 Å². The summed E-state index contributed by atoms with van der Waals surface area (Å²) < 4.78 is 11.2. The summed E-state index contributed by atoms with van der Waals surface area (Å²) in [5.41, 5.74) is 1.34. The molecule has 0 amide bonds. The molecule has 0 N–H and O–H groups in total. The van der Waals surface area contributed by atoms with Gasteiger partial charge in [0.05, 0.1) is 12.2 Å². The number of cyclic esters (lactones) is 1. The SMILES string of the molecule is CCC1=CCC(C)(CCC2CCC(=O)O2)OC1. The van der Waals surface area contributed by atoms with E-state index in [0.717, 1.165) is 38.7 Å². The van der Waals surface area contributed by atoms with Gasteiger partial charge in [-0.2, -0.15) is 0 Å². The largest absolute Gasteiger partial charge is 0.462 e. The lowest BCUT2D eigenvalue weighted by molar-refractivity contribution is -0.142. The summed E-state index contributed by atoms with van der Waals surface area (Å²) in [6.07, 6.45) is 7.86. The minimum atomic E-state index is -0.0618.